The molecule has 0 radical (unpaired) electrons. The highest BCUT2D eigenvalue weighted by Gasteiger charge is 2.12. The zero-order chi connectivity index (χ0) is 16.9. The predicted octanol–water partition coefficient (Wildman–Crippen LogP) is 0.532. The van der Waals surface area contributed by atoms with E-state index in [1.54, 1.807) is 6.20 Å². The number of imidazole rings is 1. The third-order valence-electron chi connectivity index (χ3n) is 3.32. The number of aryl methyl sites for hydroxylation is 1. The number of hydrogen-bond donors (Lipinski definition) is 2. The van der Waals surface area contributed by atoms with Crippen molar-refractivity contribution in [3.8, 4) is 0 Å². The van der Waals surface area contributed by atoms with Crippen LogP contribution in [-0.4, -0.2) is 49.0 Å². The lowest BCUT2D eigenvalue weighted by Crippen LogP contribution is -2.26. The van der Waals surface area contributed by atoms with Crippen molar-refractivity contribution in [2.45, 2.75) is 26.3 Å². The number of nitrogens with one attached hydrogen (secondary N) is 1. The van der Waals surface area contributed by atoms with Crippen LogP contribution in [0.3, 0.4) is 0 Å². The van der Waals surface area contributed by atoms with E-state index in [0.717, 1.165) is 36.0 Å². The fourth-order valence-corrected chi connectivity index (χ4v) is 2.80. The minimum atomic E-state index is -3.17. The van der Waals surface area contributed by atoms with Gasteiger partial charge in [0, 0.05) is 25.7 Å². The molecule has 0 spiro atoms. The number of ether oxygens (including phenoxy) is 1. The predicted molar refractivity (Wildman–Crippen MR) is 89.6 cm³/mol. The van der Waals surface area contributed by atoms with Gasteiger partial charge in [0.15, 0.2) is 5.82 Å². The van der Waals surface area contributed by atoms with Gasteiger partial charge in [0.25, 0.3) is 0 Å². The first-order valence-electron chi connectivity index (χ1n) is 7.54. The maximum Gasteiger partial charge on any atom is 0.208 e. The summed E-state index contributed by atoms with van der Waals surface area (Å²) in [6.45, 7) is 3.79. The standard InChI is InChI=1S/C14H23N5O3S/c1-3-4-12-18-13-11(5-6-16-14(13)15)19(12)8-10-22-9-7-17-23(2,20)21/h5-6,17H,3-4,7-10H2,1-2H3,(H2,15,16). The number of anilines is 1. The lowest BCUT2D eigenvalue weighted by Gasteiger charge is -2.09. The maximum absolute atomic E-state index is 10.9. The minimum absolute atomic E-state index is 0.266. The van der Waals surface area contributed by atoms with Gasteiger partial charge < -0.3 is 15.0 Å². The smallest absolute Gasteiger partial charge is 0.208 e. The Morgan fingerprint density at radius 1 is 1.39 bits per heavy atom. The molecule has 0 atom stereocenters. The second-order valence-electron chi connectivity index (χ2n) is 5.27. The van der Waals surface area contributed by atoms with E-state index in [0.29, 0.717) is 25.6 Å². The van der Waals surface area contributed by atoms with Crippen LogP contribution in [0.5, 0.6) is 0 Å². The van der Waals surface area contributed by atoms with Crippen LogP contribution in [0, 0.1) is 0 Å². The van der Waals surface area contributed by atoms with Gasteiger partial charge in [-0.15, -0.1) is 0 Å². The largest absolute Gasteiger partial charge is 0.382 e. The molecule has 2 rings (SSSR count). The molecule has 3 N–H and O–H groups in total. The van der Waals surface area contributed by atoms with Gasteiger partial charge in [-0.3, -0.25) is 0 Å². The lowest BCUT2D eigenvalue weighted by atomic mass is 10.3. The van der Waals surface area contributed by atoms with Crippen LogP contribution in [-0.2, 0) is 27.7 Å². The van der Waals surface area contributed by atoms with Gasteiger partial charge in [0.1, 0.15) is 11.3 Å². The first-order chi connectivity index (χ1) is 10.9. The van der Waals surface area contributed by atoms with Crippen molar-refractivity contribution in [3.05, 3.63) is 18.1 Å². The summed E-state index contributed by atoms with van der Waals surface area (Å²) in [5.41, 5.74) is 7.55. The summed E-state index contributed by atoms with van der Waals surface area (Å²) in [5, 5.41) is 0. The Balaban J connectivity index is 1.99. The Hall–Kier alpha value is -1.71. The van der Waals surface area contributed by atoms with Gasteiger partial charge in [0.2, 0.25) is 10.0 Å². The van der Waals surface area contributed by atoms with Crippen molar-refractivity contribution in [1.82, 2.24) is 19.3 Å². The molecule has 23 heavy (non-hydrogen) atoms. The average molecular weight is 341 g/mol. The monoisotopic (exact) mass is 341 g/mol. The Bertz CT molecular complexity index is 757. The zero-order valence-corrected chi connectivity index (χ0v) is 14.3. The second kappa shape index (κ2) is 7.71. The molecule has 0 aliphatic rings. The normalized spacial score (nSPS) is 12.1. The Labute approximate surface area is 136 Å². The first kappa shape index (κ1) is 17.6. The highest BCUT2D eigenvalue weighted by molar-refractivity contribution is 7.88. The van der Waals surface area contributed by atoms with E-state index in [9.17, 15) is 8.42 Å². The van der Waals surface area contributed by atoms with Crippen LogP contribution in [0.1, 0.15) is 19.2 Å². The average Bonchev–Trinajstić information content (AvgIpc) is 2.81. The number of fused-ring (bicyclic) bond motifs is 1. The molecule has 0 aliphatic carbocycles. The Morgan fingerprint density at radius 3 is 2.87 bits per heavy atom. The number of hydrogen-bond acceptors (Lipinski definition) is 6. The summed E-state index contributed by atoms with van der Waals surface area (Å²) in [5.74, 6) is 1.39. The van der Waals surface area contributed by atoms with E-state index >= 15 is 0 Å². The van der Waals surface area contributed by atoms with Crippen LogP contribution in [0.2, 0.25) is 0 Å². The van der Waals surface area contributed by atoms with Crippen LogP contribution in [0.4, 0.5) is 5.82 Å². The van der Waals surface area contributed by atoms with Crippen LogP contribution in [0.15, 0.2) is 12.3 Å². The van der Waals surface area contributed by atoms with Crippen molar-refractivity contribution in [2.75, 3.05) is 31.7 Å². The summed E-state index contributed by atoms with van der Waals surface area (Å²) >= 11 is 0. The Kier molecular flexibility index (Phi) is 5.91. The third-order valence-corrected chi connectivity index (χ3v) is 4.05. The van der Waals surface area contributed by atoms with Crippen molar-refractivity contribution >= 4 is 26.9 Å². The SMILES string of the molecule is CCCc1nc2c(N)nccc2n1CCOCCNS(C)(=O)=O. The number of nitrogen functional groups attached to an aromatic ring is 1. The molecule has 0 bridgehead atoms. The minimum Gasteiger partial charge on any atom is -0.382 e. The summed E-state index contributed by atoms with van der Waals surface area (Å²) < 4.78 is 31.9. The molecule has 9 heteroatoms. The lowest BCUT2D eigenvalue weighted by molar-refractivity contribution is 0.131. The topological polar surface area (TPSA) is 112 Å². The summed E-state index contributed by atoms with van der Waals surface area (Å²) in [7, 11) is -3.17. The van der Waals surface area contributed by atoms with E-state index in [4.69, 9.17) is 10.5 Å². The highest BCUT2D eigenvalue weighted by Crippen LogP contribution is 2.20. The molecule has 2 aromatic rings. The summed E-state index contributed by atoms with van der Waals surface area (Å²) in [6.07, 6.45) is 4.63. The quantitative estimate of drug-likeness (QED) is 0.644. The fourth-order valence-electron chi connectivity index (χ4n) is 2.34. The van der Waals surface area contributed by atoms with Gasteiger partial charge in [0.05, 0.1) is 25.0 Å². The molecule has 8 nitrogen and oxygen atoms in total. The van der Waals surface area contributed by atoms with Crippen LogP contribution in [0.25, 0.3) is 11.0 Å². The highest BCUT2D eigenvalue weighted by atomic mass is 32.2. The van der Waals surface area contributed by atoms with Crippen LogP contribution < -0.4 is 10.5 Å². The number of nitrogens with two attached hydrogens (primary N) is 1. The zero-order valence-electron chi connectivity index (χ0n) is 13.4. The number of pyridine rings is 1. The molecule has 0 amide bonds. The second-order valence-corrected chi connectivity index (χ2v) is 7.11. The van der Waals surface area contributed by atoms with Gasteiger partial charge >= 0.3 is 0 Å². The molecule has 0 aromatic carbocycles. The van der Waals surface area contributed by atoms with Gasteiger partial charge in [-0.25, -0.2) is 23.1 Å². The summed E-state index contributed by atoms with van der Waals surface area (Å²) in [6, 6.07) is 1.89. The van der Waals surface area contributed by atoms with E-state index in [1.165, 1.54) is 0 Å². The van der Waals surface area contributed by atoms with Crippen molar-refractivity contribution in [1.29, 1.82) is 0 Å². The van der Waals surface area contributed by atoms with Gasteiger partial charge in [-0.05, 0) is 12.5 Å². The van der Waals surface area contributed by atoms with Crippen LogP contribution >= 0.6 is 0 Å². The van der Waals surface area contributed by atoms with E-state index in [2.05, 4.69) is 26.2 Å². The number of nitrogens with zero attached hydrogens (tertiary/aromatic N) is 3. The Morgan fingerprint density at radius 2 is 2.17 bits per heavy atom. The van der Waals surface area contributed by atoms with E-state index in [1.807, 2.05) is 6.07 Å². The van der Waals surface area contributed by atoms with Gasteiger partial charge in [-0.2, -0.15) is 0 Å². The molecule has 2 heterocycles. The van der Waals surface area contributed by atoms with Gasteiger partial charge in [-0.1, -0.05) is 6.92 Å². The molecule has 0 saturated carbocycles. The fraction of sp³-hybridized carbons (Fsp3) is 0.571. The third kappa shape index (κ3) is 4.88. The molecule has 0 unspecified atom stereocenters. The molecule has 0 saturated heterocycles. The summed E-state index contributed by atoms with van der Waals surface area (Å²) in [4.78, 5) is 8.65. The number of sulfonamides is 1. The van der Waals surface area contributed by atoms with E-state index < -0.39 is 10.0 Å². The molecule has 2 aromatic heterocycles. The first-order valence-corrected chi connectivity index (χ1v) is 9.43. The number of rotatable bonds is 9. The van der Waals surface area contributed by atoms with E-state index in [-0.39, 0.29) is 6.54 Å². The van der Waals surface area contributed by atoms with Crippen molar-refractivity contribution < 1.29 is 13.2 Å². The van der Waals surface area contributed by atoms with Crippen molar-refractivity contribution in [3.63, 3.8) is 0 Å². The molecule has 0 fully saturated rings. The molecule has 128 valence electrons. The molecule has 0 aliphatic heterocycles. The number of aromatic nitrogens is 3. The van der Waals surface area contributed by atoms with Crippen molar-refractivity contribution in [2.24, 2.45) is 0 Å². The molecular weight excluding hydrogens is 318 g/mol. The molecular formula is C14H23N5O3S. The maximum atomic E-state index is 10.9.